The van der Waals surface area contributed by atoms with Crippen LogP contribution in [0, 0.1) is 5.41 Å². The highest BCUT2D eigenvalue weighted by atomic mass is 32.2. The van der Waals surface area contributed by atoms with Crippen LogP contribution in [-0.4, -0.2) is 24.9 Å². The largest absolute Gasteiger partial charge is 0.388 e. The third-order valence-corrected chi connectivity index (χ3v) is 2.41. The monoisotopic (exact) mass is 255 g/mol. The molecular formula is C13H25N3S. The van der Waals surface area contributed by atoms with Gasteiger partial charge in [-0.3, -0.25) is 5.41 Å². The Morgan fingerprint density at radius 1 is 1.00 bits per heavy atom. The second-order valence-corrected chi connectivity index (χ2v) is 4.12. The minimum absolute atomic E-state index is 0.316. The number of hydrogen-bond donors (Lipinski definition) is 3. The van der Waals surface area contributed by atoms with Gasteiger partial charge in [-0.1, -0.05) is 36.4 Å². The molecule has 0 aliphatic heterocycles. The SMILES string of the molecule is CN.CSCCCCC(=N)N.c1ccccc1. The van der Waals surface area contributed by atoms with Crippen LogP contribution in [0.15, 0.2) is 36.4 Å². The summed E-state index contributed by atoms with van der Waals surface area (Å²) in [5.74, 6) is 1.50. The molecule has 0 radical (unpaired) electrons. The van der Waals surface area contributed by atoms with Gasteiger partial charge in [0, 0.05) is 6.42 Å². The van der Waals surface area contributed by atoms with Gasteiger partial charge in [0.15, 0.2) is 0 Å². The van der Waals surface area contributed by atoms with Crippen LogP contribution in [-0.2, 0) is 0 Å². The van der Waals surface area contributed by atoms with Gasteiger partial charge in [-0.2, -0.15) is 11.8 Å². The van der Waals surface area contributed by atoms with Crippen molar-refractivity contribution < 1.29 is 0 Å². The van der Waals surface area contributed by atoms with Gasteiger partial charge in [-0.15, -0.1) is 0 Å². The van der Waals surface area contributed by atoms with E-state index in [9.17, 15) is 0 Å². The molecule has 0 amide bonds. The second-order valence-electron chi connectivity index (χ2n) is 3.13. The number of thioether (sulfide) groups is 1. The number of rotatable bonds is 5. The first-order valence-corrected chi connectivity index (χ1v) is 7.06. The molecule has 0 bridgehead atoms. The molecule has 0 atom stereocenters. The Hall–Kier alpha value is -1.00. The zero-order chi connectivity index (χ0) is 13.4. The smallest absolute Gasteiger partial charge is 0.0905 e. The predicted octanol–water partition coefficient (Wildman–Crippen LogP) is 2.72. The Kier molecular flexibility index (Phi) is 18.8. The Morgan fingerprint density at radius 2 is 1.41 bits per heavy atom. The fraction of sp³-hybridized carbons (Fsp3) is 0.462. The van der Waals surface area contributed by atoms with E-state index < -0.39 is 0 Å². The van der Waals surface area contributed by atoms with Crippen LogP contribution in [0.3, 0.4) is 0 Å². The van der Waals surface area contributed by atoms with Crippen molar-refractivity contribution in [2.75, 3.05) is 19.1 Å². The third-order valence-electron chi connectivity index (χ3n) is 1.71. The number of benzene rings is 1. The molecule has 5 N–H and O–H groups in total. The second kappa shape index (κ2) is 17.4. The average molecular weight is 255 g/mol. The van der Waals surface area contributed by atoms with Crippen LogP contribution < -0.4 is 11.5 Å². The van der Waals surface area contributed by atoms with Crippen molar-refractivity contribution in [2.45, 2.75) is 19.3 Å². The van der Waals surface area contributed by atoms with Gasteiger partial charge in [0.1, 0.15) is 0 Å². The number of unbranched alkanes of at least 4 members (excludes halogenated alkanes) is 1. The Bertz CT molecular complexity index is 213. The van der Waals surface area contributed by atoms with Gasteiger partial charge in [0.05, 0.1) is 5.84 Å². The quantitative estimate of drug-likeness (QED) is 0.430. The predicted molar refractivity (Wildman–Crippen MR) is 80.7 cm³/mol. The number of amidine groups is 1. The molecule has 0 aromatic heterocycles. The molecule has 0 saturated carbocycles. The molecule has 0 heterocycles. The maximum Gasteiger partial charge on any atom is 0.0905 e. The van der Waals surface area contributed by atoms with Crippen LogP contribution >= 0.6 is 11.8 Å². The van der Waals surface area contributed by atoms with Crippen molar-refractivity contribution in [2.24, 2.45) is 11.5 Å². The van der Waals surface area contributed by atoms with Crippen molar-refractivity contribution in [1.82, 2.24) is 0 Å². The van der Waals surface area contributed by atoms with E-state index in [-0.39, 0.29) is 0 Å². The molecule has 0 aliphatic carbocycles. The molecule has 0 unspecified atom stereocenters. The van der Waals surface area contributed by atoms with Crippen molar-refractivity contribution in [1.29, 1.82) is 5.41 Å². The van der Waals surface area contributed by atoms with Crippen LogP contribution in [0.2, 0.25) is 0 Å². The van der Waals surface area contributed by atoms with Crippen molar-refractivity contribution in [3.8, 4) is 0 Å². The lowest BCUT2D eigenvalue weighted by Gasteiger charge is -1.95. The first-order valence-electron chi connectivity index (χ1n) is 5.67. The molecule has 1 rings (SSSR count). The summed E-state index contributed by atoms with van der Waals surface area (Å²) in [5.41, 5.74) is 9.65. The van der Waals surface area contributed by atoms with Gasteiger partial charge in [0.25, 0.3) is 0 Å². The van der Waals surface area contributed by atoms with Gasteiger partial charge in [0.2, 0.25) is 0 Å². The van der Waals surface area contributed by atoms with E-state index in [0.29, 0.717) is 5.84 Å². The third kappa shape index (κ3) is 21.0. The normalized spacial score (nSPS) is 8.18. The maximum absolute atomic E-state index is 6.90. The van der Waals surface area contributed by atoms with Crippen LogP contribution in [0.1, 0.15) is 19.3 Å². The van der Waals surface area contributed by atoms with Gasteiger partial charge < -0.3 is 11.5 Å². The fourth-order valence-electron chi connectivity index (χ4n) is 0.947. The summed E-state index contributed by atoms with van der Waals surface area (Å²) in [7, 11) is 1.50. The Morgan fingerprint density at radius 3 is 1.71 bits per heavy atom. The Labute approximate surface area is 109 Å². The molecule has 1 aromatic rings. The number of nitrogens with two attached hydrogens (primary N) is 2. The standard InChI is InChI=1S/C6H14N2S.C6H6.CH5N/c1-9-5-3-2-4-6(7)8;1-2-4-6-5-3-1;1-2/h2-5H2,1H3,(H3,7,8);1-6H;2H2,1H3. The van der Waals surface area contributed by atoms with E-state index in [2.05, 4.69) is 12.0 Å². The van der Waals surface area contributed by atoms with E-state index in [4.69, 9.17) is 11.1 Å². The van der Waals surface area contributed by atoms with E-state index in [0.717, 1.165) is 12.8 Å². The van der Waals surface area contributed by atoms with Gasteiger partial charge in [-0.05, 0) is 31.9 Å². The summed E-state index contributed by atoms with van der Waals surface area (Å²) in [6.45, 7) is 0. The minimum atomic E-state index is 0.316. The zero-order valence-corrected chi connectivity index (χ0v) is 11.7. The number of hydrogen-bond acceptors (Lipinski definition) is 3. The summed E-state index contributed by atoms with van der Waals surface area (Å²) in [6.07, 6.45) is 5.10. The lowest BCUT2D eigenvalue weighted by atomic mass is 10.2. The maximum atomic E-state index is 6.90. The summed E-state index contributed by atoms with van der Waals surface area (Å²) < 4.78 is 0. The molecule has 3 nitrogen and oxygen atoms in total. The fourth-order valence-corrected chi connectivity index (χ4v) is 1.44. The first kappa shape index (κ1) is 18.4. The zero-order valence-electron chi connectivity index (χ0n) is 10.9. The molecule has 0 saturated heterocycles. The van der Waals surface area contributed by atoms with E-state index in [1.807, 2.05) is 48.2 Å². The van der Waals surface area contributed by atoms with E-state index >= 15 is 0 Å². The van der Waals surface area contributed by atoms with Gasteiger partial charge >= 0.3 is 0 Å². The lowest BCUT2D eigenvalue weighted by Crippen LogP contribution is -2.08. The van der Waals surface area contributed by atoms with Crippen LogP contribution in [0.4, 0.5) is 0 Å². The topological polar surface area (TPSA) is 75.9 Å². The minimum Gasteiger partial charge on any atom is -0.388 e. The highest BCUT2D eigenvalue weighted by molar-refractivity contribution is 7.98. The highest BCUT2D eigenvalue weighted by Gasteiger charge is 1.88. The van der Waals surface area contributed by atoms with Crippen molar-refractivity contribution in [3.63, 3.8) is 0 Å². The first-order chi connectivity index (χ1) is 8.27. The molecule has 1 aromatic carbocycles. The summed E-state index contributed by atoms with van der Waals surface area (Å²) >= 11 is 1.84. The molecule has 4 heteroatoms. The summed E-state index contributed by atoms with van der Waals surface area (Å²) in [6, 6.07) is 12.0. The number of nitrogens with one attached hydrogen (secondary N) is 1. The van der Waals surface area contributed by atoms with Gasteiger partial charge in [-0.25, -0.2) is 0 Å². The van der Waals surface area contributed by atoms with E-state index in [1.54, 1.807) is 0 Å². The van der Waals surface area contributed by atoms with Crippen molar-refractivity contribution >= 4 is 17.6 Å². The van der Waals surface area contributed by atoms with E-state index in [1.165, 1.54) is 19.2 Å². The summed E-state index contributed by atoms with van der Waals surface area (Å²) in [5, 5.41) is 6.90. The molecule has 0 aliphatic rings. The van der Waals surface area contributed by atoms with Crippen molar-refractivity contribution in [3.05, 3.63) is 36.4 Å². The van der Waals surface area contributed by atoms with Crippen LogP contribution in [0.5, 0.6) is 0 Å². The molecule has 17 heavy (non-hydrogen) atoms. The van der Waals surface area contributed by atoms with Crippen LogP contribution in [0.25, 0.3) is 0 Å². The molecule has 98 valence electrons. The molecule has 0 fully saturated rings. The lowest BCUT2D eigenvalue weighted by molar-refractivity contribution is 0.837. The summed E-state index contributed by atoms with van der Waals surface area (Å²) in [4.78, 5) is 0. The molecular weight excluding hydrogens is 230 g/mol. The molecule has 0 spiro atoms. The Balaban J connectivity index is 0. The average Bonchev–Trinajstić information content (AvgIpc) is 2.40. The highest BCUT2D eigenvalue weighted by Crippen LogP contribution is 2.00.